The fraction of sp³-hybridized carbons (Fsp3) is 0.583. The van der Waals surface area contributed by atoms with Gasteiger partial charge in [-0.05, 0) is 19.3 Å². The first kappa shape index (κ1) is 13.4. The molecular formula is C12H18N4O3. The molecule has 19 heavy (non-hydrogen) atoms. The maximum atomic E-state index is 12.0. The van der Waals surface area contributed by atoms with Crippen molar-refractivity contribution in [2.45, 2.75) is 25.8 Å². The molecule has 0 radical (unpaired) electrons. The van der Waals surface area contributed by atoms with Crippen LogP contribution in [0.4, 0.5) is 4.79 Å². The fourth-order valence-electron chi connectivity index (χ4n) is 2.29. The average molecular weight is 266 g/mol. The molecule has 0 saturated carbocycles. The van der Waals surface area contributed by atoms with Gasteiger partial charge in [-0.2, -0.15) is 0 Å². The number of carbonyl (C=O) groups excluding carboxylic acids is 1. The predicted molar refractivity (Wildman–Crippen MR) is 67.5 cm³/mol. The summed E-state index contributed by atoms with van der Waals surface area (Å²) in [4.78, 5) is 31.3. The highest BCUT2D eigenvalue weighted by Gasteiger charge is 2.28. The number of hydrogen-bond acceptors (Lipinski definition) is 3. The zero-order valence-corrected chi connectivity index (χ0v) is 10.8. The molecule has 0 bridgehead atoms. The second kappa shape index (κ2) is 5.73. The molecule has 0 aromatic carbocycles. The highest BCUT2D eigenvalue weighted by Crippen LogP contribution is 2.20. The summed E-state index contributed by atoms with van der Waals surface area (Å²) in [6, 6.07) is -0.363. The highest BCUT2D eigenvalue weighted by atomic mass is 16.4. The van der Waals surface area contributed by atoms with E-state index in [-0.39, 0.29) is 24.4 Å². The molecule has 1 aliphatic heterocycles. The molecule has 2 unspecified atom stereocenters. The summed E-state index contributed by atoms with van der Waals surface area (Å²) >= 11 is 0. The zero-order chi connectivity index (χ0) is 13.8. The number of aromatic nitrogens is 2. The fourth-order valence-corrected chi connectivity index (χ4v) is 2.29. The molecule has 1 aromatic heterocycles. The summed E-state index contributed by atoms with van der Waals surface area (Å²) in [7, 11) is 0. The maximum absolute atomic E-state index is 12.0. The minimum Gasteiger partial charge on any atom is -0.481 e. The molecule has 1 aromatic rings. The molecule has 1 fully saturated rings. The van der Waals surface area contributed by atoms with Crippen LogP contribution in [0.5, 0.6) is 0 Å². The van der Waals surface area contributed by atoms with Crippen LogP contribution in [0, 0.1) is 5.92 Å². The Labute approximate surface area is 111 Å². The molecular weight excluding hydrogens is 248 g/mol. The van der Waals surface area contributed by atoms with Crippen molar-refractivity contribution in [3.8, 4) is 0 Å². The third-order valence-corrected chi connectivity index (χ3v) is 3.31. The summed E-state index contributed by atoms with van der Waals surface area (Å²) in [5, 5.41) is 11.6. The van der Waals surface area contributed by atoms with Crippen molar-refractivity contribution in [3.63, 3.8) is 0 Å². The number of aliphatic carboxylic acids is 1. The molecule has 7 nitrogen and oxygen atoms in total. The number of H-pyrrole nitrogens is 1. The molecule has 0 spiro atoms. The maximum Gasteiger partial charge on any atom is 0.317 e. The topological polar surface area (TPSA) is 98.3 Å². The lowest BCUT2D eigenvalue weighted by molar-refractivity contribution is -0.138. The lowest BCUT2D eigenvalue weighted by atomic mass is 10.1. The molecule has 2 amide bonds. The van der Waals surface area contributed by atoms with Gasteiger partial charge in [-0.25, -0.2) is 9.78 Å². The Bertz CT molecular complexity index is 446. The van der Waals surface area contributed by atoms with Gasteiger partial charge in [-0.1, -0.05) is 0 Å². The molecule has 3 N–H and O–H groups in total. The molecule has 1 aliphatic rings. The Balaban J connectivity index is 1.83. The van der Waals surface area contributed by atoms with Crippen molar-refractivity contribution in [1.82, 2.24) is 20.2 Å². The van der Waals surface area contributed by atoms with E-state index >= 15 is 0 Å². The lowest BCUT2D eigenvalue weighted by Gasteiger charge is -2.20. The number of carbonyl (C=O) groups is 2. The van der Waals surface area contributed by atoms with Crippen LogP contribution in [0.25, 0.3) is 0 Å². The quantitative estimate of drug-likeness (QED) is 0.756. The zero-order valence-electron chi connectivity index (χ0n) is 10.8. The summed E-state index contributed by atoms with van der Waals surface area (Å²) in [6.07, 6.45) is 4.21. The van der Waals surface area contributed by atoms with Gasteiger partial charge in [0.2, 0.25) is 0 Å². The summed E-state index contributed by atoms with van der Waals surface area (Å²) < 4.78 is 0. The van der Waals surface area contributed by atoms with Crippen molar-refractivity contribution in [1.29, 1.82) is 0 Å². The van der Waals surface area contributed by atoms with E-state index in [1.807, 2.05) is 6.92 Å². The van der Waals surface area contributed by atoms with E-state index in [0.717, 1.165) is 6.42 Å². The number of carboxylic acid groups (broad SMARTS) is 1. The van der Waals surface area contributed by atoms with Gasteiger partial charge in [0, 0.05) is 31.9 Å². The largest absolute Gasteiger partial charge is 0.481 e. The number of imidazole rings is 1. The van der Waals surface area contributed by atoms with E-state index in [2.05, 4.69) is 15.3 Å². The number of hydrogen-bond donors (Lipinski definition) is 3. The number of nitrogens with one attached hydrogen (secondary N) is 2. The van der Waals surface area contributed by atoms with Gasteiger partial charge in [-0.3, -0.25) is 4.79 Å². The molecule has 7 heteroatoms. The number of amides is 2. The van der Waals surface area contributed by atoms with Gasteiger partial charge in [0.15, 0.2) is 0 Å². The molecule has 1 saturated heterocycles. The number of urea groups is 1. The average Bonchev–Trinajstić information content (AvgIpc) is 2.97. The number of rotatable bonds is 4. The number of likely N-dealkylation sites (tertiary alicyclic amines) is 1. The van der Waals surface area contributed by atoms with E-state index in [4.69, 9.17) is 5.11 Å². The molecule has 2 atom stereocenters. The summed E-state index contributed by atoms with van der Waals surface area (Å²) in [5.74, 6) is -0.0481. The third-order valence-electron chi connectivity index (χ3n) is 3.31. The van der Waals surface area contributed by atoms with Gasteiger partial charge in [0.05, 0.1) is 6.04 Å². The Hall–Kier alpha value is -2.05. The van der Waals surface area contributed by atoms with Crippen molar-refractivity contribution in [2.75, 3.05) is 13.1 Å². The van der Waals surface area contributed by atoms with Crippen LogP contribution in [0.15, 0.2) is 12.4 Å². The van der Waals surface area contributed by atoms with Crippen molar-refractivity contribution >= 4 is 12.0 Å². The highest BCUT2D eigenvalue weighted by molar-refractivity contribution is 5.75. The number of nitrogens with zero attached hydrogens (tertiary/aromatic N) is 2. The van der Waals surface area contributed by atoms with Crippen LogP contribution < -0.4 is 5.32 Å². The van der Waals surface area contributed by atoms with Crippen molar-refractivity contribution in [3.05, 3.63) is 18.2 Å². The first-order valence-corrected chi connectivity index (χ1v) is 6.32. The van der Waals surface area contributed by atoms with Gasteiger partial charge >= 0.3 is 12.0 Å². The van der Waals surface area contributed by atoms with E-state index < -0.39 is 5.97 Å². The van der Waals surface area contributed by atoms with Gasteiger partial charge in [0.25, 0.3) is 0 Å². The van der Waals surface area contributed by atoms with E-state index in [1.54, 1.807) is 17.3 Å². The van der Waals surface area contributed by atoms with Crippen LogP contribution in [-0.2, 0) is 4.79 Å². The Morgan fingerprint density at radius 3 is 3.11 bits per heavy atom. The molecule has 0 aliphatic carbocycles. The first-order valence-electron chi connectivity index (χ1n) is 6.32. The Kier molecular flexibility index (Phi) is 4.03. The smallest absolute Gasteiger partial charge is 0.317 e. The number of carboxylic acids is 1. The van der Waals surface area contributed by atoms with Crippen LogP contribution in [-0.4, -0.2) is 45.1 Å². The Morgan fingerprint density at radius 2 is 2.47 bits per heavy atom. The van der Waals surface area contributed by atoms with Gasteiger partial charge in [0.1, 0.15) is 5.82 Å². The van der Waals surface area contributed by atoms with Gasteiger partial charge in [-0.15, -0.1) is 0 Å². The van der Waals surface area contributed by atoms with Crippen LogP contribution in [0.1, 0.15) is 31.6 Å². The predicted octanol–water partition coefficient (Wildman–Crippen LogP) is 0.977. The van der Waals surface area contributed by atoms with Crippen LogP contribution in [0.3, 0.4) is 0 Å². The van der Waals surface area contributed by atoms with Crippen LogP contribution >= 0.6 is 0 Å². The van der Waals surface area contributed by atoms with Crippen molar-refractivity contribution in [2.24, 2.45) is 5.92 Å². The number of aromatic amines is 1. The van der Waals surface area contributed by atoms with E-state index in [9.17, 15) is 9.59 Å². The second-order valence-electron chi connectivity index (χ2n) is 4.84. The van der Waals surface area contributed by atoms with Gasteiger partial charge < -0.3 is 20.3 Å². The minimum absolute atomic E-state index is 0.0576. The normalized spacial score (nSPS) is 20.3. The lowest BCUT2D eigenvalue weighted by Crippen LogP contribution is -2.40. The second-order valence-corrected chi connectivity index (χ2v) is 4.84. The summed E-state index contributed by atoms with van der Waals surface area (Å²) in [5.41, 5.74) is 0. The minimum atomic E-state index is -0.809. The monoisotopic (exact) mass is 266 g/mol. The molecule has 104 valence electrons. The van der Waals surface area contributed by atoms with E-state index in [0.29, 0.717) is 18.9 Å². The molecule has 2 rings (SSSR count). The summed E-state index contributed by atoms with van der Waals surface area (Å²) in [6.45, 7) is 2.96. The third kappa shape index (κ3) is 3.46. The SMILES string of the molecule is CC(NC(=O)N1CCC(CC(=O)O)C1)c1ncc[nH]1. The van der Waals surface area contributed by atoms with Crippen LogP contribution in [0.2, 0.25) is 0 Å². The van der Waals surface area contributed by atoms with Crippen molar-refractivity contribution < 1.29 is 14.7 Å². The first-order chi connectivity index (χ1) is 9.06. The van der Waals surface area contributed by atoms with E-state index in [1.165, 1.54) is 0 Å². The molecule has 2 heterocycles. The Morgan fingerprint density at radius 1 is 1.68 bits per heavy atom. The standard InChI is InChI=1S/C12H18N4O3/c1-8(11-13-3-4-14-11)15-12(19)16-5-2-9(7-16)6-10(17)18/h3-4,8-9H,2,5-7H2,1H3,(H,13,14)(H,15,19)(H,17,18).